The van der Waals surface area contributed by atoms with E-state index in [2.05, 4.69) is 5.10 Å². The van der Waals surface area contributed by atoms with Gasteiger partial charge in [0.25, 0.3) is 5.91 Å². The van der Waals surface area contributed by atoms with E-state index >= 15 is 0 Å². The molecule has 1 aromatic heterocycles. The van der Waals surface area contributed by atoms with Crippen molar-refractivity contribution in [2.45, 2.75) is 51.9 Å². The molecule has 160 valence electrons. The highest BCUT2D eigenvalue weighted by atomic mass is 16.2. The number of piperazine rings is 1. The van der Waals surface area contributed by atoms with Crippen molar-refractivity contribution < 1.29 is 9.59 Å². The molecule has 0 radical (unpaired) electrons. The lowest BCUT2D eigenvalue weighted by molar-refractivity contribution is -0.133. The van der Waals surface area contributed by atoms with Crippen LogP contribution < -0.4 is 0 Å². The quantitative estimate of drug-likeness (QED) is 0.756. The summed E-state index contributed by atoms with van der Waals surface area (Å²) in [6.45, 7) is 4.34. The van der Waals surface area contributed by atoms with Gasteiger partial charge in [0.05, 0.1) is 5.69 Å². The monoisotopic (exact) mass is 408 g/mol. The van der Waals surface area contributed by atoms with E-state index < -0.39 is 0 Å². The summed E-state index contributed by atoms with van der Waals surface area (Å²) in [5.74, 6) is 0.924. The number of carbonyl (C=O) groups is 2. The zero-order valence-electron chi connectivity index (χ0n) is 17.9. The van der Waals surface area contributed by atoms with Crippen LogP contribution in [0, 0.1) is 12.8 Å². The third-order valence-corrected chi connectivity index (χ3v) is 6.52. The average molecular weight is 409 g/mol. The molecule has 6 nitrogen and oxygen atoms in total. The van der Waals surface area contributed by atoms with Gasteiger partial charge in [-0.3, -0.25) is 9.59 Å². The number of aromatic nitrogens is 2. The number of aryl methyl sites for hydroxylation is 1. The second-order valence-corrected chi connectivity index (χ2v) is 8.63. The second kappa shape index (κ2) is 9.45. The van der Waals surface area contributed by atoms with Crippen molar-refractivity contribution in [3.63, 3.8) is 0 Å². The third-order valence-electron chi connectivity index (χ3n) is 6.52. The molecule has 1 aliphatic carbocycles. The van der Waals surface area contributed by atoms with E-state index in [1.165, 1.54) is 32.1 Å². The van der Waals surface area contributed by atoms with Crippen molar-refractivity contribution in [3.8, 4) is 5.69 Å². The molecule has 2 heterocycles. The average Bonchev–Trinajstić information content (AvgIpc) is 3.20. The number of hydrogen-bond acceptors (Lipinski definition) is 3. The molecule has 1 aliphatic heterocycles. The lowest BCUT2D eigenvalue weighted by Gasteiger charge is -2.34. The van der Waals surface area contributed by atoms with Gasteiger partial charge in [0, 0.05) is 38.3 Å². The summed E-state index contributed by atoms with van der Waals surface area (Å²) in [7, 11) is 0. The topological polar surface area (TPSA) is 58.4 Å². The van der Waals surface area contributed by atoms with Gasteiger partial charge in [-0.15, -0.1) is 0 Å². The zero-order valence-corrected chi connectivity index (χ0v) is 17.9. The highest BCUT2D eigenvalue weighted by molar-refractivity contribution is 5.92. The first kappa shape index (κ1) is 20.6. The fraction of sp³-hybridized carbons (Fsp3) is 0.542. The van der Waals surface area contributed by atoms with Gasteiger partial charge < -0.3 is 9.80 Å². The van der Waals surface area contributed by atoms with Gasteiger partial charge in [-0.05, 0) is 37.5 Å². The zero-order chi connectivity index (χ0) is 20.9. The minimum atomic E-state index is -0.0536. The van der Waals surface area contributed by atoms with Crippen molar-refractivity contribution in [2.24, 2.45) is 5.92 Å². The molecule has 6 heteroatoms. The standard InChI is InChI=1S/C24H32N4O2/c1-19-18-22(25-28(19)21-10-6-3-7-11-21)24(30)27-16-14-26(15-17-27)23(29)13-12-20-8-4-2-5-9-20/h3,6-7,10-11,18,20H,2,4-5,8-9,12-17H2,1H3. The molecule has 0 bridgehead atoms. The van der Waals surface area contributed by atoms with E-state index in [4.69, 9.17) is 0 Å². The fourth-order valence-electron chi connectivity index (χ4n) is 4.69. The number of carbonyl (C=O) groups excluding carboxylic acids is 2. The lowest BCUT2D eigenvalue weighted by atomic mass is 9.86. The molecule has 2 fully saturated rings. The normalized spacial score (nSPS) is 17.9. The summed E-state index contributed by atoms with van der Waals surface area (Å²) >= 11 is 0. The molecule has 1 aromatic carbocycles. The van der Waals surface area contributed by atoms with Crippen molar-refractivity contribution in [1.29, 1.82) is 0 Å². The first-order valence-electron chi connectivity index (χ1n) is 11.3. The lowest BCUT2D eigenvalue weighted by Crippen LogP contribution is -2.50. The maximum absolute atomic E-state index is 13.0. The van der Waals surface area contributed by atoms with Gasteiger partial charge in [0.2, 0.25) is 5.91 Å². The second-order valence-electron chi connectivity index (χ2n) is 8.63. The predicted molar refractivity (Wildman–Crippen MR) is 117 cm³/mol. The van der Waals surface area contributed by atoms with Crippen LogP contribution in [0.5, 0.6) is 0 Å². The molecule has 1 saturated carbocycles. The molecule has 2 aliphatic rings. The van der Waals surface area contributed by atoms with Gasteiger partial charge in [-0.1, -0.05) is 50.3 Å². The first-order valence-corrected chi connectivity index (χ1v) is 11.3. The smallest absolute Gasteiger partial charge is 0.274 e. The highest BCUT2D eigenvalue weighted by Gasteiger charge is 2.27. The Morgan fingerprint density at radius 2 is 1.63 bits per heavy atom. The van der Waals surface area contributed by atoms with Crippen LogP contribution in [0.2, 0.25) is 0 Å². The molecular weight excluding hydrogens is 376 g/mol. The van der Waals surface area contributed by atoms with Crippen molar-refractivity contribution >= 4 is 11.8 Å². The summed E-state index contributed by atoms with van der Waals surface area (Å²) in [4.78, 5) is 29.3. The molecular formula is C24H32N4O2. The fourth-order valence-corrected chi connectivity index (χ4v) is 4.69. The molecule has 0 spiro atoms. The van der Waals surface area contributed by atoms with Gasteiger partial charge in [-0.2, -0.15) is 5.10 Å². The van der Waals surface area contributed by atoms with Crippen LogP contribution in [-0.4, -0.2) is 57.6 Å². The molecule has 30 heavy (non-hydrogen) atoms. The van der Waals surface area contributed by atoms with E-state index in [1.807, 2.05) is 53.1 Å². The predicted octanol–water partition coefficient (Wildman–Crippen LogP) is 3.83. The Labute approximate surface area is 178 Å². The Morgan fingerprint density at radius 3 is 2.33 bits per heavy atom. The first-order chi connectivity index (χ1) is 14.6. The molecule has 4 rings (SSSR count). The van der Waals surface area contributed by atoms with E-state index in [9.17, 15) is 9.59 Å². The van der Waals surface area contributed by atoms with Crippen LogP contribution in [0.4, 0.5) is 0 Å². The maximum Gasteiger partial charge on any atom is 0.274 e. The summed E-state index contributed by atoms with van der Waals surface area (Å²) in [6, 6.07) is 11.7. The Kier molecular flexibility index (Phi) is 6.50. The Bertz CT molecular complexity index is 863. The summed E-state index contributed by atoms with van der Waals surface area (Å²) in [6.07, 6.45) is 8.23. The number of hydrogen-bond donors (Lipinski definition) is 0. The van der Waals surface area contributed by atoms with E-state index in [-0.39, 0.29) is 11.8 Å². The Morgan fingerprint density at radius 1 is 0.967 bits per heavy atom. The molecule has 1 saturated heterocycles. The number of amides is 2. The Hall–Kier alpha value is -2.63. The third kappa shape index (κ3) is 4.74. The van der Waals surface area contributed by atoms with E-state index in [1.54, 1.807) is 4.68 Å². The number of nitrogens with zero attached hydrogens (tertiary/aromatic N) is 4. The SMILES string of the molecule is Cc1cc(C(=O)N2CCN(C(=O)CCC3CCCCC3)CC2)nn1-c1ccccc1. The van der Waals surface area contributed by atoms with Crippen LogP contribution >= 0.6 is 0 Å². The molecule has 0 unspecified atom stereocenters. The minimum absolute atomic E-state index is 0.0536. The van der Waals surface area contributed by atoms with Gasteiger partial charge in [0.1, 0.15) is 0 Å². The number of para-hydroxylation sites is 1. The highest BCUT2D eigenvalue weighted by Crippen LogP contribution is 2.27. The van der Waals surface area contributed by atoms with Crippen LogP contribution in [-0.2, 0) is 4.79 Å². The Balaban J connectivity index is 1.29. The van der Waals surface area contributed by atoms with Crippen LogP contribution in [0.25, 0.3) is 5.69 Å². The number of benzene rings is 1. The van der Waals surface area contributed by atoms with Crippen molar-refractivity contribution in [3.05, 3.63) is 47.8 Å². The van der Waals surface area contributed by atoms with Crippen LogP contribution in [0.1, 0.15) is 61.1 Å². The van der Waals surface area contributed by atoms with Gasteiger partial charge in [0.15, 0.2) is 5.69 Å². The maximum atomic E-state index is 13.0. The minimum Gasteiger partial charge on any atom is -0.339 e. The van der Waals surface area contributed by atoms with Gasteiger partial charge >= 0.3 is 0 Å². The van der Waals surface area contributed by atoms with Crippen LogP contribution in [0.3, 0.4) is 0 Å². The summed E-state index contributed by atoms with van der Waals surface area (Å²) in [5, 5.41) is 4.54. The molecule has 0 atom stereocenters. The van der Waals surface area contributed by atoms with E-state index in [0.29, 0.717) is 38.3 Å². The molecule has 2 amide bonds. The van der Waals surface area contributed by atoms with Crippen molar-refractivity contribution in [2.75, 3.05) is 26.2 Å². The van der Waals surface area contributed by atoms with E-state index in [0.717, 1.165) is 23.7 Å². The summed E-state index contributed by atoms with van der Waals surface area (Å²) < 4.78 is 1.80. The number of rotatable bonds is 5. The molecule has 2 aromatic rings. The summed E-state index contributed by atoms with van der Waals surface area (Å²) in [5.41, 5.74) is 2.34. The largest absolute Gasteiger partial charge is 0.339 e. The molecule has 0 N–H and O–H groups in total. The van der Waals surface area contributed by atoms with Crippen molar-refractivity contribution in [1.82, 2.24) is 19.6 Å². The van der Waals surface area contributed by atoms with Crippen LogP contribution in [0.15, 0.2) is 36.4 Å². The van der Waals surface area contributed by atoms with Gasteiger partial charge in [-0.25, -0.2) is 4.68 Å².